The van der Waals surface area contributed by atoms with Gasteiger partial charge in [0, 0.05) is 0 Å². The quantitative estimate of drug-likeness (QED) is 0.729. The molecule has 0 fully saturated rings. The Morgan fingerprint density at radius 3 is 1.92 bits per heavy atom. The first kappa shape index (κ1) is 18.0. The van der Waals surface area contributed by atoms with Gasteiger partial charge in [-0.2, -0.15) is 0 Å². The molecule has 3 aromatic carbocycles. The lowest BCUT2D eigenvalue weighted by Crippen LogP contribution is -2.14. The number of benzene rings is 3. The Morgan fingerprint density at radius 1 is 0.708 bits per heavy atom. The van der Waals surface area contributed by atoms with Gasteiger partial charge in [-0.3, -0.25) is 4.72 Å². The number of para-hydroxylation sites is 1. The van der Waals surface area contributed by atoms with Crippen LogP contribution in [0.4, 0.5) is 5.69 Å². The zero-order chi connectivity index (χ0) is 16.1. The van der Waals surface area contributed by atoms with E-state index in [0.717, 1.165) is 11.1 Å². The van der Waals surface area contributed by atoms with Crippen molar-refractivity contribution in [1.82, 2.24) is 0 Å². The maximum absolute atomic E-state index is 12.5. The predicted octanol–water partition coefficient (Wildman–Crippen LogP) is 4.50. The molecule has 0 radical (unpaired) electrons. The van der Waals surface area contributed by atoms with E-state index in [1.165, 1.54) is 0 Å². The summed E-state index contributed by atoms with van der Waals surface area (Å²) in [5.74, 6) is 0. The van der Waals surface area contributed by atoms with Crippen molar-refractivity contribution >= 4 is 28.1 Å². The van der Waals surface area contributed by atoms with Crippen LogP contribution >= 0.6 is 12.4 Å². The van der Waals surface area contributed by atoms with Crippen molar-refractivity contribution in [1.29, 1.82) is 0 Å². The third-order valence-corrected chi connectivity index (χ3v) is 4.93. The van der Waals surface area contributed by atoms with E-state index >= 15 is 0 Å². The molecule has 0 aromatic heterocycles. The van der Waals surface area contributed by atoms with E-state index in [4.69, 9.17) is 0 Å². The number of anilines is 1. The van der Waals surface area contributed by atoms with E-state index in [2.05, 4.69) is 4.72 Å². The van der Waals surface area contributed by atoms with Crippen LogP contribution in [0.15, 0.2) is 89.8 Å². The van der Waals surface area contributed by atoms with E-state index in [1.54, 1.807) is 36.4 Å². The molecule has 0 aliphatic carbocycles. The zero-order valence-electron chi connectivity index (χ0n) is 12.9. The van der Waals surface area contributed by atoms with Crippen molar-refractivity contribution in [3.63, 3.8) is 0 Å². The summed E-state index contributed by atoms with van der Waals surface area (Å²) in [6, 6.07) is 25.8. The van der Waals surface area contributed by atoms with Gasteiger partial charge in [0.25, 0.3) is 10.0 Å². The Bertz CT molecular complexity index is 882. The molecule has 0 atom stereocenters. The number of nitrogens with one attached hydrogen (secondary N) is 1. The molecule has 1 N–H and O–H groups in total. The number of hydrogen-bond acceptors (Lipinski definition) is 2. The normalized spacial score (nSPS) is 10.7. The van der Waals surface area contributed by atoms with Crippen LogP contribution in [0, 0.1) is 0 Å². The summed E-state index contributed by atoms with van der Waals surface area (Å²) in [5, 5.41) is 0. The van der Waals surface area contributed by atoms with Crippen molar-refractivity contribution in [3.8, 4) is 0 Å². The van der Waals surface area contributed by atoms with Gasteiger partial charge in [-0.15, -0.1) is 12.4 Å². The van der Waals surface area contributed by atoms with Crippen LogP contribution in [0.3, 0.4) is 0 Å². The van der Waals surface area contributed by atoms with E-state index in [1.807, 2.05) is 48.5 Å². The van der Waals surface area contributed by atoms with Crippen LogP contribution in [-0.2, 0) is 16.4 Å². The minimum absolute atomic E-state index is 0. The fourth-order valence-electron chi connectivity index (χ4n) is 2.39. The van der Waals surface area contributed by atoms with Crippen LogP contribution in [-0.4, -0.2) is 8.42 Å². The van der Waals surface area contributed by atoms with Crippen LogP contribution in [0.2, 0.25) is 0 Å². The van der Waals surface area contributed by atoms with Gasteiger partial charge in [0.05, 0.1) is 10.6 Å². The summed E-state index contributed by atoms with van der Waals surface area (Å²) in [6.45, 7) is 0. The van der Waals surface area contributed by atoms with Crippen molar-refractivity contribution in [3.05, 3.63) is 96.1 Å². The highest BCUT2D eigenvalue weighted by molar-refractivity contribution is 7.92. The Morgan fingerprint density at radius 2 is 1.25 bits per heavy atom. The second kappa shape index (κ2) is 7.99. The highest BCUT2D eigenvalue weighted by Crippen LogP contribution is 2.22. The average molecular weight is 360 g/mol. The first-order chi connectivity index (χ1) is 11.1. The first-order valence-corrected chi connectivity index (χ1v) is 8.83. The zero-order valence-corrected chi connectivity index (χ0v) is 14.6. The predicted molar refractivity (Wildman–Crippen MR) is 100 cm³/mol. The summed E-state index contributed by atoms with van der Waals surface area (Å²) in [5.41, 5.74) is 2.69. The Labute approximate surface area is 148 Å². The molecule has 0 unspecified atom stereocenters. The van der Waals surface area contributed by atoms with Gasteiger partial charge in [0.2, 0.25) is 0 Å². The molecule has 3 nitrogen and oxygen atoms in total. The molecular weight excluding hydrogens is 342 g/mol. The summed E-state index contributed by atoms with van der Waals surface area (Å²) in [6.07, 6.45) is 0.675. The number of sulfonamides is 1. The minimum atomic E-state index is -3.58. The Hall–Kier alpha value is -2.30. The molecule has 0 aliphatic heterocycles. The Balaban J connectivity index is 0.00000208. The summed E-state index contributed by atoms with van der Waals surface area (Å²) in [4.78, 5) is 0.259. The molecule has 0 saturated carbocycles. The van der Waals surface area contributed by atoms with Gasteiger partial charge in [-0.25, -0.2) is 8.42 Å². The topological polar surface area (TPSA) is 46.2 Å². The molecule has 0 amide bonds. The second-order valence-corrected chi connectivity index (χ2v) is 6.92. The van der Waals surface area contributed by atoms with Gasteiger partial charge >= 0.3 is 0 Å². The van der Waals surface area contributed by atoms with Crippen molar-refractivity contribution in [2.24, 2.45) is 0 Å². The lowest BCUT2D eigenvalue weighted by atomic mass is 10.0. The third-order valence-electron chi connectivity index (χ3n) is 3.55. The molecule has 0 spiro atoms. The van der Waals surface area contributed by atoms with Gasteiger partial charge in [0.15, 0.2) is 0 Å². The van der Waals surface area contributed by atoms with E-state index in [9.17, 15) is 8.42 Å². The van der Waals surface area contributed by atoms with Gasteiger partial charge in [0.1, 0.15) is 0 Å². The van der Waals surface area contributed by atoms with Crippen LogP contribution in [0.25, 0.3) is 0 Å². The molecule has 5 heteroatoms. The molecule has 24 heavy (non-hydrogen) atoms. The van der Waals surface area contributed by atoms with Crippen molar-refractivity contribution < 1.29 is 8.42 Å². The molecule has 124 valence electrons. The number of rotatable bonds is 5. The molecule has 3 rings (SSSR count). The maximum Gasteiger partial charge on any atom is 0.261 e. The smallest absolute Gasteiger partial charge is 0.261 e. The second-order valence-electron chi connectivity index (χ2n) is 5.24. The fourth-order valence-corrected chi connectivity index (χ4v) is 3.52. The number of halogens is 1. The molecule has 0 aliphatic rings. The molecule has 0 saturated heterocycles. The standard InChI is InChI=1S/C19H17NO2S.ClH/c21-23(22,18-12-5-2-6-13-18)20-19-14-8-7-11-17(19)15-16-9-3-1-4-10-16;/h1-14,20H,15H2;1H. The fraction of sp³-hybridized carbons (Fsp3) is 0.0526. The maximum atomic E-state index is 12.5. The van der Waals surface area contributed by atoms with E-state index in [-0.39, 0.29) is 17.3 Å². The summed E-state index contributed by atoms with van der Waals surface area (Å²) >= 11 is 0. The van der Waals surface area contributed by atoms with Gasteiger partial charge < -0.3 is 0 Å². The Kier molecular flexibility index (Phi) is 6.01. The third kappa shape index (κ3) is 4.37. The highest BCUT2D eigenvalue weighted by Gasteiger charge is 2.15. The van der Waals surface area contributed by atoms with Crippen LogP contribution in [0.5, 0.6) is 0 Å². The monoisotopic (exact) mass is 359 g/mol. The summed E-state index contributed by atoms with van der Waals surface area (Å²) in [7, 11) is -3.58. The number of hydrogen-bond donors (Lipinski definition) is 1. The van der Waals surface area contributed by atoms with Crippen molar-refractivity contribution in [2.75, 3.05) is 4.72 Å². The van der Waals surface area contributed by atoms with Crippen LogP contribution < -0.4 is 4.72 Å². The SMILES string of the molecule is Cl.O=S(=O)(Nc1ccccc1Cc1ccccc1)c1ccccc1. The minimum Gasteiger partial charge on any atom is -0.279 e. The lowest BCUT2D eigenvalue weighted by Gasteiger charge is -2.13. The largest absolute Gasteiger partial charge is 0.279 e. The average Bonchev–Trinajstić information content (AvgIpc) is 2.58. The lowest BCUT2D eigenvalue weighted by molar-refractivity contribution is 0.601. The first-order valence-electron chi connectivity index (χ1n) is 7.35. The molecule has 0 bridgehead atoms. The van der Waals surface area contributed by atoms with E-state index in [0.29, 0.717) is 12.1 Å². The van der Waals surface area contributed by atoms with E-state index < -0.39 is 10.0 Å². The molecule has 0 heterocycles. The molecular formula is C19H18ClNO2S. The molecule has 3 aromatic rings. The van der Waals surface area contributed by atoms with Crippen molar-refractivity contribution in [2.45, 2.75) is 11.3 Å². The van der Waals surface area contributed by atoms with Gasteiger partial charge in [-0.1, -0.05) is 66.7 Å². The highest BCUT2D eigenvalue weighted by atomic mass is 35.5. The van der Waals surface area contributed by atoms with Crippen LogP contribution in [0.1, 0.15) is 11.1 Å². The van der Waals surface area contributed by atoms with Gasteiger partial charge in [-0.05, 0) is 35.7 Å². The summed E-state index contributed by atoms with van der Waals surface area (Å²) < 4.78 is 27.7.